The average Bonchev–Trinajstić information content (AvgIpc) is 3.43. The minimum Gasteiger partial charge on any atom is -0.469 e. The summed E-state index contributed by atoms with van der Waals surface area (Å²) in [5.41, 5.74) is 1.96. The minimum absolute atomic E-state index is 0.121. The maximum Gasteiger partial charge on any atom is 0.309 e. The van der Waals surface area contributed by atoms with Crippen molar-refractivity contribution >= 4 is 17.7 Å². The van der Waals surface area contributed by atoms with E-state index in [1.54, 1.807) is 0 Å². The molecule has 0 radical (unpaired) electrons. The highest BCUT2D eigenvalue weighted by molar-refractivity contribution is 5.91. The van der Waals surface area contributed by atoms with Crippen LogP contribution in [0, 0.1) is 5.92 Å². The monoisotopic (exact) mass is 412 g/mol. The van der Waals surface area contributed by atoms with Gasteiger partial charge in [0.1, 0.15) is 5.82 Å². The Hall–Kier alpha value is -2.67. The van der Waals surface area contributed by atoms with E-state index in [-0.39, 0.29) is 24.3 Å². The van der Waals surface area contributed by atoms with Crippen molar-refractivity contribution in [3.63, 3.8) is 0 Å². The molecule has 0 saturated heterocycles. The quantitative estimate of drug-likeness (QED) is 0.637. The van der Waals surface area contributed by atoms with Crippen molar-refractivity contribution in [1.29, 1.82) is 0 Å². The number of likely N-dealkylation sites (N-methyl/N-ethyl adjacent to an activating group) is 1. The zero-order valence-corrected chi connectivity index (χ0v) is 18.1. The number of anilines is 1. The van der Waals surface area contributed by atoms with Crippen LogP contribution in [0.2, 0.25) is 0 Å². The number of hydrogen-bond donors (Lipinski definition) is 1. The van der Waals surface area contributed by atoms with Crippen LogP contribution in [0.3, 0.4) is 0 Å². The van der Waals surface area contributed by atoms with Gasteiger partial charge in [-0.3, -0.25) is 14.5 Å². The van der Waals surface area contributed by atoms with E-state index in [4.69, 9.17) is 9.84 Å². The van der Waals surface area contributed by atoms with Crippen LogP contribution >= 0.6 is 0 Å². The van der Waals surface area contributed by atoms with Gasteiger partial charge >= 0.3 is 5.97 Å². The predicted octanol–water partition coefficient (Wildman–Crippen LogP) is 3.60. The molecule has 1 aromatic carbocycles. The number of ether oxygens (including phenoxy) is 1. The molecular weight excluding hydrogens is 380 g/mol. The Morgan fingerprint density at radius 3 is 2.60 bits per heavy atom. The van der Waals surface area contributed by atoms with Gasteiger partial charge in [-0.05, 0) is 31.5 Å². The summed E-state index contributed by atoms with van der Waals surface area (Å²) in [7, 11) is 1.38. The summed E-state index contributed by atoms with van der Waals surface area (Å²) >= 11 is 0. The number of hydrogen-bond acceptors (Lipinski definition) is 5. The van der Waals surface area contributed by atoms with Gasteiger partial charge in [0.05, 0.1) is 31.0 Å². The van der Waals surface area contributed by atoms with Crippen LogP contribution in [-0.4, -0.2) is 53.3 Å². The molecule has 1 atom stereocenters. The van der Waals surface area contributed by atoms with Crippen LogP contribution in [-0.2, 0) is 14.3 Å². The number of para-hydroxylation sites is 1. The maximum absolute atomic E-state index is 12.8. The first kappa shape index (κ1) is 22.0. The molecule has 1 aliphatic rings. The first-order chi connectivity index (χ1) is 14.5. The number of methoxy groups -OCH3 is 1. The third kappa shape index (κ3) is 5.48. The van der Waals surface area contributed by atoms with Gasteiger partial charge in [0.15, 0.2) is 0 Å². The number of esters is 1. The van der Waals surface area contributed by atoms with E-state index in [1.807, 2.05) is 59.8 Å². The lowest BCUT2D eigenvalue weighted by atomic mass is 10.0. The van der Waals surface area contributed by atoms with Crippen LogP contribution in [0.25, 0.3) is 5.69 Å². The second-order valence-corrected chi connectivity index (χ2v) is 7.98. The molecule has 1 fully saturated rings. The van der Waals surface area contributed by atoms with Crippen molar-refractivity contribution in [2.24, 2.45) is 5.92 Å². The Balaban J connectivity index is 1.74. The first-order valence-corrected chi connectivity index (χ1v) is 10.8. The molecule has 2 aromatic rings. The summed E-state index contributed by atoms with van der Waals surface area (Å²) in [6.45, 7) is 5.13. The number of rotatable bonds is 9. The highest BCUT2D eigenvalue weighted by atomic mass is 16.5. The second-order valence-electron chi connectivity index (χ2n) is 7.98. The highest BCUT2D eigenvalue weighted by Gasteiger charge is 2.23. The van der Waals surface area contributed by atoms with Gasteiger partial charge in [-0.2, -0.15) is 5.10 Å². The largest absolute Gasteiger partial charge is 0.469 e. The van der Waals surface area contributed by atoms with E-state index in [9.17, 15) is 9.59 Å². The van der Waals surface area contributed by atoms with Crippen molar-refractivity contribution in [2.45, 2.75) is 45.4 Å². The van der Waals surface area contributed by atoms with Crippen molar-refractivity contribution in [3.05, 3.63) is 42.1 Å². The van der Waals surface area contributed by atoms with E-state index < -0.39 is 0 Å². The number of carbonyl (C=O) groups is 2. The lowest BCUT2D eigenvalue weighted by Gasteiger charge is -2.22. The molecule has 0 bridgehead atoms. The zero-order chi connectivity index (χ0) is 21.5. The number of carbonyl (C=O) groups excluding carboxylic acids is 2. The van der Waals surface area contributed by atoms with Gasteiger partial charge in [-0.1, -0.05) is 44.9 Å². The molecule has 1 amide bonds. The van der Waals surface area contributed by atoms with Crippen LogP contribution in [0.4, 0.5) is 5.82 Å². The fourth-order valence-corrected chi connectivity index (χ4v) is 4.03. The molecule has 7 nitrogen and oxygen atoms in total. The second kappa shape index (κ2) is 10.4. The molecule has 3 rings (SSSR count). The zero-order valence-electron chi connectivity index (χ0n) is 18.1. The standard InChI is InChI=1S/C23H32N4O3/c1-4-26(15-17(2)23(29)30-3)16-22(28)24-21-14-20(18-10-8-9-11-18)25-27(21)19-12-6-5-7-13-19/h5-7,12-14,17-18H,4,8-11,15-16H2,1-3H3,(H,24,28). The SMILES string of the molecule is CCN(CC(=O)Nc1cc(C2CCCC2)nn1-c1ccccc1)CC(C)C(=O)OC. The molecule has 30 heavy (non-hydrogen) atoms. The van der Waals surface area contributed by atoms with E-state index >= 15 is 0 Å². The Morgan fingerprint density at radius 2 is 1.97 bits per heavy atom. The molecule has 0 spiro atoms. The summed E-state index contributed by atoms with van der Waals surface area (Å²) in [6, 6.07) is 11.9. The lowest BCUT2D eigenvalue weighted by Crippen LogP contribution is -2.38. The van der Waals surface area contributed by atoms with Crippen LogP contribution in [0.1, 0.15) is 51.1 Å². The number of nitrogens with one attached hydrogen (secondary N) is 1. The van der Waals surface area contributed by atoms with E-state index in [2.05, 4.69) is 5.32 Å². The van der Waals surface area contributed by atoms with Gasteiger partial charge in [-0.15, -0.1) is 0 Å². The highest BCUT2D eigenvalue weighted by Crippen LogP contribution is 2.35. The molecule has 0 aliphatic heterocycles. The summed E-state index contributed by atoms with van der Waals surface area (Å²) in [5, 5.41) is 7.86. The first-order valence-electron chi connectivity index (χ1n) is 10.8. The minimum atomic E-state index is -0.286. The molecule has 1 aliphatic carbocycles. The number of aromatic nitrogens is 2. The number of nitrogens with zero attached hydrogens (tertiary/aromatic N) is 3. The Morgan fingerprint density at radius 1 is 1.27 bits per heavy atom. The van der Waals surface area contributed by atoms with Crippen LogP contribution in [0.15, 0.2) is 36.4 Å². The van der Waals surface area contributed by atoms with Gasteiger partial charge in [0, 0.05) is 18.5 Å². The molecule has 162 valence electrons. The van der Waals surface area contributed by atoms with Gasteiger partial charge in [-0.25, -0.2) is 4.68 Å². The lowest BCUT2D eigenvalue weighted by molar-refractivity contribution is -0.145. The molecule has 1 heterocycles. The van der Waals surface area contributed by atoms with Crippen molar-refractivity contribution in [1.82, 2.24) is 14.7 Å². The molecule has 1 N–H and O–H groups in total. The van der Waals surface area contributed by atoms with E-state index in [1.165, 1.54) is 20.0 Å². The summed E-state index contributed by atoms with van der Waals surface area (Å²) in [5.74, 6) is 0.469. The Bertz CT molecular complexity index is 843. The molecular formula is C23H32N4O3. The van der Waals surface area contributed by atoms with Crippen molar-refractivity contribution in [3.8, 4) is 5.69 Å². The van der Waals surface area contributed by atoms with Crippen LogP contribution in [0.5, 0.6) is 0 Å². The Kier molecular flexibility index (Phi) is 7.63. The maximum atomic E-state index is 12.8. The number of benzene rings is 1. The van der Waals surface area contributed by atoms with E-state index in [0.717, 1.165) is 24.2 Å². The molecule has 1 saturated carbocycles. The molecule has 7 heteroatoms. The predicted molar refractivity (Wildman–Crippen MR) is 117 cm³/mol. The van der Waals surface area contributed by atoms with Gasteiger partial charge < -0.3 is 10.1 Å². The van der Waals surface area contributed by atoms with Crippen molar-refractivity contribution < 1.29 is 14.3 Å². The van der Waals surface area contributed by atoms with Gasteiger partial charge in [0.25, 0.3) is 0 Å². The normalized spacial score (nSPS) is 15.3. The smallest absolute Gasteiger partial charge is 0.309 e. The van der Waals surface area contributed by atoms with Crippen LogP contribution < -0.4 is 5.32 Å². The Labute approximate surface area is 178 Å². The number of amides is 1. The summed E-state index contributed by atoms with van der Waals surface area (Å²) in [4.78, 5) is 26.5. The van der Waals surface area contributed by atoms with E-state index in [0.29, 0.717) is 24.8 Å². The average molecular weight is 413 g/mol. The fraction of sp³-hybridized carbons (Fsp3) is 0.522. The summed E-state index contributed by atoms with van der Waals surface area (Å²) in [6.07, 6.45) is 4.76. The molecule has 1 unspecified atom stereocenters. The fourth-order valence-electron chi connectivity index (χ4n) is 4.03. The third-order valence-corrected chi connectivity index (χ3v) is 5.72. The third-order valence-electron chi connectivity index (χ3n) is 5.72. The van der Waals surface area contributed by atoms with Gasteiger partial charge in [0.2, 0.25) is 5.91 Å². The topological polar surface area (TPSA) is 76.5 Å². The molecule has 1 aromatic heterocycles. The summed E-state index contributed by atoms with van der Waals surface area (Å²) < 4.78 is 6.61. The van der Waals surface area contributed by atoms with Crippen molar-refractivity contribution in [2.75, 3.05) is 32.1 Å².